The van der Waals surface area contributed by atoms with Gasteiger partial charge in [-0.25, -0.2) is 4.79 Å². The van der Waals surface area contributed by atoms with Crippen LogP contribution in [0.25, 0.3) is 11.1 Å². The van der Waals surface area contributed by atoms with Crippen LogP contribution in [0.1, 0.15) is 0 Å². The van der Waals surface area contributed by atoms with Crippen molar-refractivity contribution in [3.05, 3.63) is 103 Å². The monoisotopic (exact) mass is 460 g/mol. The van der Waals surface area contributed by atoms with E-state index in [9.17, 15) is 17.8 Å². The van der Waals surface area contributed by atoms with E-state index in [0.717, 1.165) is 0 Å². The summed E-state index contributed by atoms with van der Waals surface area (Å²) in [5, 5.41) is 5.44. The second-order valence-corrected chi connectivity index (χ2v) is 8.46. The predicted molar refractivity (Wildman–Crippen MR) is 127 cm³/mol. The lowest BCUT2D eigenvalue weighted by atomic mass is 10.0. The molecule has 0 heterocycles. The summed E-state index contributed by atoms with van der Waals surface area (Å²) in [6.07, 6.45) is 0. The quantitative estimate of drug-likeness (QED) is 0.304. The molecule has 0 saturated heterocycles. The highest BCUT2D eigenvalue weighted by atomic mass is 32.2. The Bertz CT molecular complexity index is 1370. The number of para-hydroxylation sites is 2. The second kappa shape index (κ2) is 9.56. The van der Waals surface area contributed by atoms with Crippen LogP contribution < -0.4 is 15.4 Å². The summed E-state index contributed by atoms with van der Waals surface area (Å²) in [5.41, 5.74) is 1.78. The molecular weight excluding hydrogens is 440 g/mol. The summed E-state index contributed by atoms with van der Waals surface area (Å²) in [6, 6.07) is 28.5. The van der Waals surface area contributed by atoms with E-state index in [1.807, 2.05) is 24.3 Å². The fourth-order valence-corrected chi connectivity index (χ4v) is 3.92. The van der Waals surface area contributed by atoms with Crippen molar-refractivity contribution in [3.8, 4) is 22.6 Å². The molecule has 166 valence electrons. The molecule has 8 heteroatoms. The van der Waals surface area contributed by atoms with Gasteiger partial charge in [-0.1, -0.05) is 48.5 Å². The summed E-state index contributed by atoms with van der Waals surface area (Å²) in [7, 11) is -4.50. The molecule has 0 bridgehead atoms. The Morgan fingerprint density at radius 3 is 2.03 bits per heavy atom. The standard InChI is InChI=1S/C25H20N2O5S/c28-25(26-19-9-3-1-4-10-19)27-20-11-7-8-18(16-20)23-17-22(14-15-24(23)33(29,30)31)32-21-12-5-2-6-13-21/h1-17H,(H2,26,27,28)(H,29,30,31). The van der Waals surface area contributed by atoms with Crippen molar-refractivity contribution in [1.29, 1.82) is 0 Å². The van der Waals surface area contributed by atoms with E-state index < -0.39 is 16.1 Å². The van der Waals surface area contributed by atoms with Crippen molar-refractivity contribution in [3.63, 3.8) is 0 Å². The maximum absolute atomic E-state index is 12.3. The zero-order valence-electron chi connectivity index (χ0n) is 17.3. The molecule has 0 aliphatic heterocycles. The molecule has 0 aliphatic carbocycles. The lowest BCUT2D eigenvalue weighted by molar-refractivity contribution is 0.262. The van der Waals surface area contributed by atoms with E-state index in [1.54, 1.807) is 60.7 Å². The maximum atomic E-state index is 12.3. The first-order valence-electron chi connectivity index (χ1n) is 9.96. The van der Waals surface area contributed by atoms with Crippen LogP contribution >= 0.6 is 0 Å². The number of carbonyl (C=O) groups excluding carboxylic acids is 1. The topological polar surface area (TPSA) is 105 Å². The first kappa shape index (κ1) is 22.1. The molecule has 0 radical (unpaired) electrons. The highest BCUT2D eigenvalue weighted by Gasteiger charge is 2.18. The Hall–Kier alpha value is -4.14. The molecule has 0 aromatic heterocycles. The Kier molecular flexibility index (Phi) is 6.39. The van der Waals surface area contributed by atoms with Gasteiger partial charge in [-0.3, -0.25) is 4.55 Å². The largest absolute Gasteiger partial charge is 0.457 e. The van der Waals surface area contributed by atoms with Crippen LogP contribution in [0.3, 0.4) is 0 Å². The van der Waals surface area contributed by atoms with Gasteiger partial charge in [-0.2, -0.15) is 8.42 Å². The van der Waals surface area contributed by atoms with Gasteiger partial charge in [0.1, 0.15) is 16.4 Å². The minimum absolute atomic E-state index is 0.234. The summed E-state index contributed by atoms with van der Waals surface area (Å²) in [5.74, 6) is 0.972. The van der Waals surface area contributed by atoms with Crippen LogP contribution in [0.5, 0.6) is 11.5 Å². The molecule has 0 fully saturated rings. The van der Waals surface area contributed by atoms with Crippen LogP contribution in [0.2, 0.25) is 0 Å². The summed E-state index contributed by atoms with van der Waals surface area (Å²) < 4.78 is 39.6. The lowest BCUT2D eigenvalue weighted by Gasteiger charge is -2.13. The van der Waals surface area contributed by atoms with Gasteiger partial charge in [0, 0.05) is 16.9 Å². The second-order valence-electron chi connectivity index (χ2n) is 7.07. The highest BCUT2D eigenvalue weighted by molar-refractivity contribution is 7.86. The van der Waals surface area contributed by atoms with E-state index in [0.29, 0.717) is 28.4 Å². The van der Waals surface area contributed by atoms with Crippen LogP contribution in [0.4, 0.5) is 16.2 Å². The van der Waals surface area contributed by atoms with Gasteiger partial charge in [0.2, 0.25) is 0 Å². The SMILES string of the molecule is O=C(Nc1ccccc1)Nc1cccc(-c2cc(Oc3ccccc3)ccc2S(=O)(=O)O)c1. The zero-order valence-corrected chi connectivity index (χ0v) is 18.1. The van der Waals surface area contributed by atoms with E-state index >= 15 is 0 Å². The summed E-state index contributed by atoms with van der Waals surface area (Å²) >= 11 is 0. The van der Waals surface area contributed by atoms with Crippen molar-refractivity contribution in [2.24, 2.45) is 0 Å². The van der Waals surface area contributed by atoms with Crippen molar-refractivity contribution in [2.45, 2.75) is 4.90 Å². The van der Waals surface area contributed by atoms with E-state index in [1.165, 1.54) is 18.2 Å². The highest BCUT2D eigenvalue weighted by Crippen LogP contribution is 2.34. The molecule has 3 N–H and O–H groups in total. The number of hydrogen-bond donors (Lipinski definition) is 3. The van der Waals surface area contributed by atoms with E-state index in [4.69, 9.17) is 4.74 Å². The smallest absolute Gasteiger partial charge is 0.323 e. The van der Waals surface area contributed by atoms with E-state index in [-0.39, 0.29) is 10.5 Å². The number of anilines is 2. The van der Waals surface area contributed by atoms with Crippen molar-refractivity contribution < 1.29 is 22.5 Å². The van der Waals surface area contributed by atoms with Crippen molar-refractivity contribution in [2.75, 3.05) is 10.6 Å². The predicted octanol–water partition coefficient (Wildman–Crippen LogP) is 6.04. The Balaban J connectivity index is 1.64. The summed E-state index contributed by atoms with van der Waals surface area (Å²) in [4.78, 5) is 12.1. The molecule has 2 amide bonds. The first-order chi connectivity index (χ1) is 15.9. The molecular formula is C25H20N2O5S. The average Bonchev–Trinajstić information content (AvgIpc) is 2.80. The Morgan fingerprint density at radius 2 is 1.33 bits per heavy atom. The number of carbonyl (C=O) groups is 1. The molecule has 0 unspecified atom stereocenters. The lowest BCUT2D eigenvalue weighted by Crippen LogP contribution is -2.19. The van der Waals surface area contributed by atoms with Gasteiger partial charge in [0.15, 0.2) is 0 Å². The zero-order chi connectivity index (χ0) is 23.3. The number of amides is 2. The van der Waals surface area contributed by atoms with Crippen molar-refractivity contribution >= 4 is 27.5 Å². The molecule has 33 heavy (non-hydrogen) atoms. The minimum atomic E-state index is -4.50. The van der Waals surface area contributed by atoms with Gasteiger partial charge in [-0.05, 0) is 60.2 Å². The molecule has 7 nitrogen and oxygen atoms in total. The van der Waals surface area contributed by atoms with Gasteiger partial charge in [0.05, 0.1) is 0 Å². The Labute approximate surface area is 191 Å². The third-order valence-corrected chi connectivity index (χ3v) is 5.58. The number of rotatable bonds is 6. The summed E-state index contributed by atoms with van der Waals surface area (Å²) in [6.45, 7) is 0. The van der Waals surface area contributed by atoms with Gasteiger partial charge in [-0.15, -0.1) is 0 Å². The number of ether oxygens (including phenoxy) is 1. The van der Waals surface area contributed by atoms with Crippen molar-refractivity contribution in [1.82, 2.24) is 0 Å². The fraction of sp³-hybridized carbons (Fsp3) is 0. The average molecular weight is 461 g/mol. The Morgan fingerprint density at radius 1 is 0.697 bits per heavy atom. The van der Waals surface area contributed by atoms with Crippen LogP contribution in [0.15, 0.2) is 108 Å². The van der Waals surface area contributed by atoms with Crippen LogP contribution in [-0.4, -0.2) is 19.0 Å². The maximum Gasteiger partial charge on any atom is 0.323 e. The van der Waals surface area contributed by atoms with Gasteiger partial charge < -0.3 is 15.4 Å². The first-order valence-corrected chi connectivity index (χ1v) is 11.4. The number of benzene rings is 4. The molecule has 0 spiro atoms. The van der Waals surface area contributed by atoms with E-state index in [2.05, 4.69) is 10.6 Å². The molecule has 0 saturated carbocycles. The van der Waals surface area contributed by atoms with Crippen LogP contribution in [-0.2, 0) is 10.1 Å². The molecule has 4 rings (SSSR count). The normalized spacial score (nSPS) is 10.9. The minimum Gasteiger partial charge on any atom is -0.457 e. The number of urea groups is 1. The number of nitrogens with one attached hydrogen (secondary N) is 2. The third-order valence-electron chi connectivity index (χ3n) is 4.67. The fourth-order valence-electron chi connectivity index (χ4n) is 3.23. The van der Waals surface area contributed by atoms with Crippen LogP contribution in [0, 0.1) is 0 Å². The molecule has 4 aromatic carbocycles. The molecule has 4 aromatic rings. The number of hydrogen-bond acceptors (Lipinski definition) is 4. The third kappa shape index (κ3) is 5.76. The van der Waals surface area contributed by atoms with Gasteiger partial charge >= 0.3 is 6.03 Å². The molecule has 0 atom stereocenters. The molecule has 0 aliphatic rings. The van der Waals surface area contributed by atoms with Gasteiger partial charge in [0.25, 0.3) is 10.1 Å².